The van der Waals surface area contributed by atoms with Gasteiger partial charge >= 0.3 is 12.1 Å². The minimum Gasteiger partial charge on any atom is -0.478 e. The number of methoxy groups -OCH3 is 1. The molecule has 0 saturated carbocycles. The average Bonchev–Trinajstić information content (AvgIpc) is 3.04. The van der Waals surface area contributed by atoms with Crippen LogP contribution in [0.25, 0.3) is 0 Å². The lowest BCUT2D eigenvalue weighted by Crippen LogP contribution is -2.52. The minimum absolute atomic E-state index is 0.00423. The highest BCUT2D eigenvalue weighted by molar-refractivity contribution is 5.85. The Labute approximate surface area is 125 Å². The summed E-state index contributed by atoms with van der Waals surface area (Å²) in [4.78, 5) is 26.6. The third kappa shape index (κ3) is 2.47. The number of aliphatic imine (C=N–C) groups is 1. The summed E-state index contributed by atoms with van der Waals surface area (Å²) >= 11 is 0. The zero-order valence-corrected chi connectivity index (χ0v) is 11.9. The topological polar surface area (TPSA) is 113 Å². The van der Waals surface area contributed by atoms with Crippen molar-refractivity contribution in [1.82, 2.24) is 0 Å². The van der Waals surface area contributed by atoms with Crippen LogP contribution in [0.2, 0.25) is 0 Å². The number of ether oxygens (including phenoxy) is 5. The van der Waals surface area contributed by atoms with Gasteiger partial charge in [-0.3, -0.25) is 0 Å². The second-order valence-corrected chi connectivity index (χ2v) is 5.06. The third-order valence-corrected chi connectivity index (χ3v) is 3.68. The van der Waals surface area contributed by atoms with E-state index in [0.29, 0.717) is 5.90 Å². The number of aliphatic carboxylic acids is 1. The molecule has 1 fully saturated rings. The fourth-order valence-electron chi connectivity index (χ4n) is 2.76. The molecular formula is C13H15NO8. The van der Waals surface area contributed by atoms with Gasteiger partial charge in [-0.05, 0) is 0 Å². The maximum atomic E-state index is 11.2. The lowest BCUT2D eigenvalue weighted by Gasteiger charge is -2.35. The summed E-state index contributed by atoms with van der Waals surface area (Å²) in [6.45, 7) is 1.68. The lowest BCUT2D eigenvalue weighted by atomic mass is 9.94. The first-order valence-corrected chi connectivity index (χ1v) is 6.68. The lowest BCUT2D eigenvalue weighted by molar-refractivity contribution is -0.145. The molecule has 22 heavy (non-hydrogen) atoms. The molecule has 9 heteroatoms. The fraction of sp³-hybridized carbons (Fsp3) is 0.615. The summed E-state index contributed by atoms with van der Waals surface area (Å²) in [5.74, 6) is -1.03. The van der Waals surface area contributed by atoms with E-state index in [0.717, 1.165) is 0 Å². The highest BCUT2D eigenvalue weighted by Crippen LogP contribution is 2.32. The van der Waals surface area contributed by atoms with Crippen molar-refractivity contribution in [2.45, 2.75) is 37.4 Å². The molecule has 120 valence electrons. The first kappa shape index (κ1) is 14.6. The number of hydrogen-bond acceptors (Lipinski definition) is 8. The van der Waals surface area contributed by atoms with Crippen LogP contribution in [0.5, 0.6) is 0 Å². The van der Waals surface area contributed by atoms with Crippen molar-refractivity contribution in [3.63, 3.8) is 0 Å². The normalized spacial score (nSPS) is 34.4. The van der Waals surface area contributed by atoms with E-state index in [1.165, 1.54) is 13.2 Å². The zero-order valence-electron chi connectivity index (χ0n) is 11.9. The Kier molecular flexibility index (Phi) is 3.65. The number of carbonyl (C=O) groups is 2. The van der Waals surface area contributed by atoms with E-state index in [1.807, 2.05) is 0 Å². The van der Waals surface area contributed by atoms with Gasteiger partial charge in [-0.1, -0.05) is 0 Å². The van der Waals surface area contributed by atoms with E-state index in [1.54, 1.807) is 6.92 Å². The zero-order chi connectivity index (χ0) is 15.9. The summed E-state index contributed by atoms with van der Waals surface area (Å²) in [5.41, 5.74) is 0. The van der Waals surface area contributed by atoms with Gasteiger partial charge in [-0.15, -0.1) is 0 Å². The van der Waals surface area contributed by atoms with Gasteiger partial charge in [-0.25, -0.2) is 14.6 Å². The Balaban J connectivity index is 1.88. The van der Waals surface area contributed by atoms with E-state index in [9.17, 15) is 9.59 Å². The molecule has 0 radical (unpaired) electrons. The molecule has 3 aliphatic rings. The molecule has 0 aromatic carbocycles. The van der Waals surface area contributed by atoms with Crippen LogP contribution >= 0.6 is 0 Å². The van der Waals surface area contributed by atoms with E-state index < -0.39 is 42.6 Å². The molecule has 0 aromatic heterocycles. The number of hydrogen-bond donors (Lipinski definition) is 1. The highest BCUT2D eigenvalue weighted by Gasteiger charge is 2.50. The predicted octanol–water partition coefficient (Wildman–Crippen LogP) is 0.0899. The van der Waals surface area contributed by atoms with Gasteiger partial charge in [0.25, 0.3) is 0 Å². The van der Waals surface area contributed by atoms with Crippen molar-refractivity contribution in [1.29, 1.82) is 0 Å². The summed E-state index contributed by atoms with van der Waals surface area (Å²) in [5, 5.41) is 9.17. The Bertz CT molecular complexity index is 556. The minimum atomic E-state index is -1.22. The molecule has 3 rings (SSSR count). The van der Waals surface area contributed by atoms with E-state index in [4.69, 9.17) is 28.8 Å². The number of carboxylic acids is 1. The second kappa shape index (κ2) is 5.48. The fourth-order valence-corrected chi connectivity index (χ4v) is 2.76. The van der Waals surface area contributed by atoms with Gasteiger partial charge in [0.2, 0.25) is 5.76 Å². The van der Waals surface area contributed by atoms with Crippen molar-refractivity contribution in [3.8, 4) is 0 Å². The van der Waals surface area contributed by atoms with Crippen LogP contribution < -0.4 is 0 Å². The molecule has 5 atom stereocenters. The van der Waals surface area contributed by atoms with Crippen LogP contribution in [-0.4, -0.2) is 67.3 Å². The van der Waals surface area contributed by atoms with Gasteiger partial charge in [0.05, 0.1) is 0 Å². The maximum Gasteiger partial charge on any atom is 0.508 e. The van der Waals surface area contributed by atoms with Gasteiger partial charge in [-0.2, -0.15) is 0 Å². The second-order valence-electron chi connectivity index (χ2n) is 5.06. The molecule has 3 aliphatic heterocycles. The number of fused-ring (bicyclic) bond motifs is 1. The summed E-state index contributed by atoms with van der Waals surface area (Å²) < 4.78 is 26.1. The number of carboxylic acid groups (broad SMARTS) is 1. The van der Waals surface area contributed by atoms with Gasteiger partial charge < -0.3 is 28.8 Å². The van der Waals surface area contributed by atoms with Crippen molar-refractivity contribution in [2.24, 2.45) is 4.99 Å². The van der Waals surface area contributed by atoms with E-state index in [2.05, 4.69) is 4.99 Å². The molecule has 9 nitrogen and oxygen atoms in total. The number of rotatable bonds is 4. The van der Waals surface area contributed by atoms with Crippen LogP contribution in [0.3, 0.4) is 0 Å². The van der Waals surface area contributed by atoms with Crippen LogP contribution in [-0.2, 0) is 28.5 Å². The largest absolute Gasteiger partial charge is 0.508 e. The Morgan fingerprint density at radius 1 is 1.45 bits per heavy atom. The van der Waals surface area contributed by atoms with Crippen molar-refractivity contribution in [2.75, 3.05) is 13.7 Å². The summed E-state index contributed by atoms with van der Waals surface area (Å²) in [6.07, 6.45) is -2.19. The predicted molar refractivity (Wildman–Crippen MR) is 69.4 cm³/mol. The molecule has 0 aromatic rings. The highest BCUT2D eigenvalue weighted by atomic mass is 16.8. The quantitative estimate of drug-likeness (QED) is 0.727. The van der Waals surface area contributed by atoms with Crippen LogP contribution in [0.4, 0.5) is 4.79 Å². The van der Waals surface area contributed by atoms with Crippen molar-refractivity contribution < 1.29 is 38.4 Å². The van der Waals surface area contributed by atoms with Gasteiger partial charge in [0.15, 0.2) is 18.1 Å². The molecular weight excluding hydrogens is 298 g/mol. The molecule has 0 amide bonds. The SMILES string of the molecule is CO[C@@H]([C@@H]1OC(C(=O)O)=C[C@H]2OC(C)=N[C@@H]12)[C@H]1COC(=O)O1. The molecule has 0 spiro atoms. The molecule has 1 N–H and O–H groups in total. The smallest absolute Gasteiger partial charge is 0.478 e. The molecule has 1 saturated heterocycles. The molecule has 3 heterocycles. The standard InChI is InChI=1S/C13H15NO8/c1-5-14-9-6(20-5)3-7(12(15)16)21-11(9)10(18-2)8-4-19-13(17)22-8/h3,6,8-11H,4H2,1-2H3,(H,15,16)/t6-,8-,9-,10-,11-/m1/s1. The first-order chi connectivity index (χ1) is 10.5. The van der Waals surface area contributed by atoms with E-state index in [-0.39, 0.29) is 12.4 Å². The Hall–Kier alpha value is -2.29. The number of nitrogens with zero attached hydrogens (tertiary/aromatic N) is 1. The Morgan fingerprint density at radius 2 is 2.23 bits per heavy atom. The maximum absolute atomic E-state index is 11.2. The molecule has 0 aliphatic carbocycles. The Morgan fingerprint density at radius 3 is 2.82 bits per heavy atom. The third-order valence-electron chi connectivity index (χ3n) is 3.68. The van der Waals surface area contributed by atoms with Crippen LogP contribution in [0.15, 0.2) is 16.8 Å². The number of carbonyl (C=O) groups excluding carboxylic acids is 1. The summed E-state index contributed by atoms with van der Waals surface area (Å²) in [7, 11) is 1.42. The first-order valence-electron chi connectivity index (χ1n) is 6.68. The average molecular weight is 313 g/mol. The number of cyclic esters (lactones) is 2. The van der Waals surface area contributed by atoms with E-state index >= 15 is 0 Å². The van der Waals surface area contributed by atoms with Crippen molar-refractivity contribution in [3.05, 3.63) is 11.8 Å². The van der Waals surface area contributed by atoms with Gasteiger partial charge in [0.1, 0.15) is 24.9 Å². The summed E-state index contributed by atoms with van der Waals surface area (Å²) in [6, 6.07) is -0.479. The molecule has 0 bridgehead atoms. The van der Waals surface area contributed by atoms with Gasteiger partial charge in [0, 0.05) is 20.1 Å². The van der Waals surface area contributed by atoms with Crippen molar-refractivity contribution >= 4 is 18.0 Å². The van der Waals surface area contributed by atoms with Crippen LogP contribution in [0.1, 0.15) is 6.92 Å². The van der Waals surface area contributed by atoms with Crippen LogP contribution in [0, 0.1) is 0 Å². The molecule has 0 unspecified atom stereocenters. The monoisotopic (exact) mass is 313 g/mol.